The molecule has 3 rings (SSSR count). The Labute approximate surface area is 183 Å². The third-order valence-corrected chi connectivity index (χ3v) is 6.74. The number of carbonyl (C=O) groups is 1. The molecule has 2 heteroatoms. The van der Waals surface area contributed by atoms with E-state index < -0.39 is 0 Å². The van der Waals surface area contributed by atoms with E-state index in [0.29, 0.717) is 6.61 Å². The maximum atomic E-state index is 12.5. The van der Waals surface area contributed by atoms with Crippen LogP contribution in [0.1, 0.15) is 82.8 Å². The lowest BCUT2D eigenvalue weighted by Gasteiger charge is -2.37. The first kappa shape index (κ1) is 22.7. The minimum atomic E-state index is -0.369. The Morgan fingerprint density at radius 2 is 1.37 bits per heavy atom. The van der Waals surface area contributed by atoms with Crippen molar-refractivity contribution in [2.45, 2.75) is 77.0 Å². The Hall–Kier alpha value is -1.93. The van der Waals surface area contributed by atoms with Crippen LogP contribution in [0.2, 0.25) is 0 Å². The zero-order valence-electron chi connectivity index (χ0n) is 18.9. The first-order valence-electron chi connectivity index (χ1n) is 12.0. The summed E-state index contributed by atoms with van der Waals surface area (Å²) in [7, 11) is 0. The Kier molecular flexibility index (Phi) is 8.69. The van der Waals surface area contributed by atoms with Crippen molar-refractivity contribution in [2.75, 3.05) is 13.2 Å². The summed E-state index contributed by atoms with van der Waals surface area (Å²) in [6, 6.07) is 17.3. The molecule has 0 amide bonds. The molecule has 1 aliphatic rings. The average molecular weight is 407 g/mol. The van der Waals surface area contributed by atoms with Crippen molar-refractivity contribution in [1.82, 2.24) is 0 Å². The van der Waals surface area contributed by atoms with E-state index in [9.17, 15) is 4.79 Å². The molecule has 0 aliphatic heterocycles. The summed E-state index contributed by atoms with van der Waals surface area (Å²) >= 11 is 0. The van der Waals surface area contributed by atoms with Crippen molar-refractivity contribution in [3.8, 4) is 11.1 Å². The van der Waals surface area contributed by atoms with E-state index >= 15 is 0 Å². The fraction of sp³-hybridized carbons (Fsp3) is 0.536. The molecule has 2 aromatic carbocycles. The number of hydrogen-bond acceptors (Lipinski definition) is 2. The number of rotatable bonds is 14. The Bertz CT molecular complexity index is 749. The highest BCUT2D eigenvalue weighted by atomic mass is 16.5. The predicted molar refractivity (Wildman–Crippen MR) is 126 cm³/mol. The maximum Gasteiger partial charge on any atom is 0.124 e. The van der Waals surface area contributed by atoms with Crippen molar-refractivity contribution < 1.29 is 9.53 Å². The van der Waals surface area contributed by atoms with Gasteiger partial charge in [-0.25, -0.2) is 0 Å². The van der Waals surface area contributed by atoms with Crippen LogP contribution in [-0.2, 0) is 14.9 Å². The van der Waals surface area contributed by atoms with E-state index in [-0.39, 0.29) is 11.3 Å². The van der Waals surface area contributed by atoms with Crippen LogP contribution in [0.5, 0.6) is 0 Å². The molecule has 0 fully saturated rings. The standard InChI is InChI=1S/C28H38O2/c1-3-5-7-8-9-10-15-23(21-29)28(22-30-20-6-4-2)26-18-13-11-16-24(26)25-17-12-14-19-27(25)28/h11-14,16-19,21,23H,3-10,15,20,22H2,1-2H3. The topological polar surface area (TPSA) is 26.3 Å². The van der Waals surface area contributed by atoms with Crippen LogP contribution in [-0.4, -0.2) is 19.5 Å². The highest BCUT2D eigenvalue weighted by Gasteiger charge is 2.48. The van der Waals surface area contributed by atoms with Crippen LogP contribution in [0.15, 0.2) is 48.5 Å². The molecule has 0 heterocycles. The van der Waals surface area contributed by atoms with Crippen molar-refractivity contribution in [1.29, 1.82) is 0 Å². The zero-order valence-corrected chi connectivity index (χ0v) is 18.9. The highest BCUT2D eigenvalue weighted by molar-refractivity contribution is 5.83. The van der Waals surface area contributed by atoms with Gasteiger partial charge in [-0.15, -0.1) is 0 Å². The second-order valence-electron chi connectivity index (χ2n) is 8.77. The first-order valence-corrected chi connectivity index (χ1v) is 12.0. The smallest absolute Gasteiger partial charge is 0.124 e. The summed E-state index contributed by atoms with van der Waals surface area (Å²) in [5, 5.41) is 0. The van der Waals surface area contributed by atoms with Gasteiger partial charge in [0, 0.05) is 12.5 Å². The first-order chi connectivity index (χ1) is 14.8. The molecule has 0 N–H and O–H groups in total. The monoisotopic (exact) mass is 406 g/mol. The van der Waals surface area contributed by atoms with E-state index in [2.05, 4.69) is 62.4 Å². The van der Waals surface area contributed by atoms with Gasteiger partial charge in [0.05, 0.1) is 12.0 Å². The Morgan fingerprint density at radius 3 is 1.97 bits per heavy atom. The van der Waals surface area contributed by atoms with Crippen LogP contribution in [0.4, 0.5) is 0 Å². The molecule has 30 heavy (non-hydrogen) atoms. The molecule has 0 spiro atoms. The fourth-order valence-electron chi connectivity index (χ4n) is 5.08. The molecule has 0 bridgehead atoms. The van der Waals surface area contributed by atoms with Crippen molar-refractivity contribution in [3.05, 3.63) is 59.7 Å². The zero-order chi connectivity index (χ0) is 21.2. The molecule has 162 valence electrons. The summed E-state index contributed by atoms with van der Waals surface area (Å²) in [5.41, 5.74) is 4.70. The van der Waals surface area contributed by atoms with E-state index in [1.165, 1.54) is 60.6 Å². The number of aldehydes is 1. The summed E-state index contributed by atoms with van der Waals surface area (Å²) in [5.74, 6) is -0.0601. The van der Waals surface area contributed by atoms with Gasteiger partial charge < -0.3 is 9.53 Å². The van der Waals surface area contributed by atoms with Gasteiger partial charge in [-0.2, -0.15) is 0 Å². The maximum absolute atomic E-state index is 12.5. The molecular weight excluding hydrogens is 368 g/mol. The largest absolute Gasteiger partial charge is 0.380 e. The number of hydrogen-bond donors (Lipinski definition) is 0. The molecule has 0 radical (unpaired) electrons. The highest BCUT2D eigenvalue weighted by Crippen LogP contribution is 2.53. The fourth-order valence-corrected chi connectivity index (χ4v) is 5.08. The molecule has 1 aliphatic carbocycles. The minimum absolute atomic E-state index is 0.0601. The summed E-state index contributed by atoms with van der Waals surface area (Å²) < 4.78 is 6.26. The number of fused-ring (bicyclic) bond motifs is 3. The lowest BCUT2D eigenvalue weighted by Crippen LogP contribution is -2.40. The molecule has 2 aromatic rings. The van der Waals surface area contributed by atoms with Gasteiger partial charge in [-0.05, 0) is 35.1 Å². The second-order valence-corrected chi connectivity index (χ2v) is 8.77. The van der Waals surface area contributed by atoms with Gasteiger partial charge in [0.15, 0.2) is 0 Å². The number of ether oxygens (including phenoxy) is 1. The van der Waals surface area contributed by atoms with E-state index in [1.807, 2.05) is 0 Å². The van der Waals surface area contributed by atoms with Gasteiger partial charge in [-0.3, -0.25) is 0 Å². The van der Waals surface area contributed by atoms with Crippen LogP contribution in [0.3, 0.4) is 0 Å². The van der Waals surface area contributed by atoms with E-state index in [0.717, 1.165) is 32.3 Å². The summed E-state index contributed by atoms with van der Waals surface area (Å²) in [6.45, 7) is 5.78. The Balaban J connectivity index is 1.90. The third kappa shape index (κ3) is 4.70. The van der Waals surface area contributed by atoms with E-state index in [4.69, 9.17) is 4.74 Å². The summed E-state index contributed by atoms with van der Waals surface area (Å²) in [6.07, 6.45) is 11.8. The SMILES string of the molecule is CCCCCCCCC(C=O)C1(COCCCC)c2ccccc2-c2ccccc21. The second kappa shape index (κ2) is 11.5. The molecule has 0 saturated heterocycles. The predicted octanol–water partition coefficient (Wildman–Crippen LogP) is 7.34. The van der Waals surface area contributed by atoms with Gasteiger partial charge in [-0.1, -0.05) is 107 Å². The number of unbranched alkanes of at least 4 members (excludes halogenated alkanes) is 6. The van der Waals surface area contributed by atoms with Crippen LogP contribution in [0.25, 0.3) is 11.1 Å². The van der Waals surface area contributed by atoms with Crippen LogP contribution >= 0.6 is 0 Å². The lowest BCUT2D eigenvalue weighted by molar-refractivity contribution is -0.113. The molecule has 0 aromatic heterocycles. The lowest BCUT2D eigenvalue weighted by atomic mass is 9.67. The quantitative estimate of drug-likeness (QED) is 0.242. The van der Waals surface area contributed by atoms with Gasteiger partial charge in [0.2, 0.25) is 0 Å². The average Bonchev–Trinajstić information content (AvgIpc) is 3.07. The van der Waals surface area contributed by atoms with Crippen molar-refractivity contribution in [2.24, 2.45) is 5.92 Å². The van der Waals surface area contributed by atoms with Gasteiger partial charge in [0.25, 0.3) is 0 Å². The van der Waals surface area contributed by atoms with Crippen LogP contribution in [0, 0.1) is 5.92 Å². The third-order valence-electron chi connectivity index (χ3n) is 6.74. The summed E-state index contributed by atoms with van der Waals surface area (Å²) in [4.78, 5) is 12.5. The normalized spacial score (nSPS) is 14.9. The Morgan fingerprint density at radius 1 is 0.800 bits per heavy atom. The van der Waals surface area contributed by atoms with Gasteiger partial charge >= 0.3 is 0 Å². The molecule has 2 nitrogen and oxygen atoms in total. The molecular formula is C28H38O2. The van der Waals surface area contributed by atoms with Gasteiger partial charge in [0.1, 0.15) is 6.29 Å². The van der Waals surface area contributed by atoms with Crippen molar-refractivity contribution >= 4 is 6.29 Å². The minimum Gasteiger partial charge on any atom is -0.380 e. The molecule has 1 atom stereocenters. The molecule has 1 unspecified atom stereocenters. The van der Waals surface area contributed by atoms with E-state index in [1.54, 1.807) is 0 Å². The number of benzene rings is 2. The van der Waals surface area contributed by atoms with Crippen molar-refractivity contribution in [3.63, 3.8) is 0 Å². The molecule has 0 saturated carbocycles. The number of carbonyl (C=O) groups excluding carboxylic acids is 1. The van der Waals surface area contributed by atoms with Crippen LogP contribution < -0.4 is 0 Å².